The second-order valence-electron chi connectivity index (χ2n) is 6.99. The van der Waals surface area contributed by atoms with Crippen molar-refractivity contribution >= 4 is 22.6 Å². The van der Waals surface area contributed by atoms with Crippen molar-refractivity contribution in [2.24, 2.45) is 12.0 Å². The lowest BCUT2D eigenvalue weighted by Crippen LogP contribution is -2.09. The minimum atomic E-state index is -4.70. The van der Waals surface area contributed by atoms with Crippen molar-refractivity contribution in [2.75, 3.05) is 5.75 Å². The summed E-state index contributed by atoms with van der Waals surface area (Å²) in [7, 11) is -2.14. The molecule has 0 amide bonds. The highest BCUT2D eigenvalue weighted by Crippen LogP contribution is 2.33. The average molecular weight is 462 g/mol. The van der Waals surface area contributed by atoms with Crippen LogP contribution in [0.25, 0.3) is 28.7 Å². The summed E-state index contributed by atoms with van der Waals surface area (Å²) in [4.78, 5) is 11.6. The van der Waals surface area contributed by atoms with Crippen molar-refractivity contribution in [3.63, 3.8) is 0 Å². The minimum absolute atomic E-state index is 0.00370. The molecule has 3 aromatic rings. The molecule has 0 aliphatic rings. The van der Waals surface area contributed by atoms with Crippen LogP contribution in [0.5, 0.6) is 0 Å². The van der Waals surface area contributed by atoms with Gasteiger partial charge >= 0.3 is 6.18 Å². The Labute approximate surface area is 184 Å². The van der Waals surface area contributed by atoms with Crippen LogP contribution in [0.2, 0.25) is 0 Å². The van der Waals surface area contributed by atoms with Gasteiger partial charge in [0.1, 0.15) is 11.4 Å². The Morgan fingerprint density at radius 3 is 2.44 bits per heavy atom. The molecule has 0 aliphatic carbocycles. The monoisotopic (exact) mass is 462 g/mol. The highest BCUT2D eigenvalue weighted by Gasteiger charge is 2.34. The number of hydrogen-bond donors (Lipinski definition) is 0. The first-order valence-corrected chi connectivity index (χ1v) is 11.2. The molecule has 0 unspecified atom stereocenters. The summed E-state index contributed by atoms with van der Waals surface area (Å²) in [6, 6.07) is 10.7. The SMILES string of the molecule is C=N/C(=C\c1nc(-c2ncc(-c3ccccc3)cc2S(=O)(=O)CC)n(C)c1C)C(F)(F)F. The van der Waals surface area contributed by atoms with Crippen LogP contribution >= 0.6 is 0 Å². The smallest absolute Gasteiger partial charge is 0.329 e. The molecule has 2 aromatic heterocycles. The number of aromatic nitrogens is 3. The van der Waals surface area contributed by atoms with E-state index in [-0.39, 0.29) is 27.9 Å². The van der Waals surface area contributed by atoms with Crippen molar-refractivity contribution in [2.45, 2.75) is 24.9 Å². The molecule has 0 fully saturated rings. The Kier molecular flexibility index (Phi) is 6.36. The predicted molar refractivity (Wildman–Crippen MR) is 118 cm³/mol. The Bertz CT molecular complexity index is 1290. The maximum absolute atomic E-state index is 13.1. The van der Waals surface area contributed by atoms with E-state index in [0.29, 0.717) is 11.3 Å². The summed E-state index contributed by atoms with van der Waals surface area (Å²) in [6.45, 7) is 6.06. The third kappa shape index (κ3) is 4.50. The minimum Gasteiger partial charge on any atom is -0.329 e. The maximum Gasteiger partial charge on any atom is 0.433 e. The molecule has 0 atom stereocenters. The lowest BCUT2D eigenvalue weighted by molar-refractivity contribution is -0.0912. The fourth-order valence-electron chi connectivity index (χ4n) is 3.09. The highest BCUT2D eigenvalue weighted by molar-refractivity contribution is 7.91. The number of aliphatic imine (C=N–C) groups is 1. The van der Waals surface area contributed by atoms with Crippen LogP contribution in [0.3, 0.4) is 0 Å². The van der Waals surface area contributed by atoms with Crippen LogP contribution in [-0.4, -0.2) is 41.6 Å². The number of rotatable bonds is 6. The van der Waals surface area contributed by atoms with Gasteiger partial charge in [0.2, 0.25) is 0 Å². The van der Waals surface area contributed by atoms with Crippen molar-refractivity contribution in [3.8, 4) is 22.6 Å². The molecule has 3 rings (SSSR count). The quantitative estimate of drug-likeness (QED) is 0.491. The molecule has 2 heterocycles. The number of sulfone groups is 1. The van der Waals surface area contributed by atoms with Crippen molar-refractivity contribution in [3.05, 3.63) is 59.7 Å². The normalized spacial score (nSPS) is 12.8. The summed E-state index contributed by atoms with van der Waals surface area (Å²) in [6.07, 6.45) is -2.40. The Balaban J connectivity index is 2.24. The van der Waals surface area contributed by atoms with E-state index in [2.05, 4.69) is 21.7 Å². The summed E-state index contributed by atoms with van der Waals surface area (Å²) in [5, 5.41) is 0. The first-order valence-electron chi connectivity index (χ1n) is 9.57. The van der Waals surface area contributed by atoms with E-state index in [1.807, 2.05) is 30.3 Å². The van der Waals surface area contributed by atoms with Gasteiger partial charge in [-0.05, 0) is 31.3 Å². The molecule has 0 bridgehead atoms. The molecule has 0 radical (unpaired) electrons. The number of imidazole rings is 1. The Hall–Kier alpha value is -3.27. The maximum atomic E-state index is 13.1. The highest BCUT2D eigenvalue weighted by atomic mass is 32.2. The van der Waals surface area contributed by atoms with Gasteiger partial charge in [-0.3, -0.25) is 9.98 Å². The molecule has 1 aromatic carbocycles. The van der Waals surface area contributed by atoms with Gasteiger partial charge in [-0.1, -0.05) is 37.3 Å². The van der Waals surface area contributed by atoms with E-state index in [9.17, 15) is 21.6 Å². The summed E-state index contributed by atoms with van der Waals surface area (Å²) < 4.78 is 66.6. The average Bonchev–Trinajstić information content (AvgIpc) is 3.05. The van der Waals surface area contributed by atoms with Crippen LogP contribution in [0.15, 0.2) is 58.2 Å². The van der Waals surface area contributed by atoms with E-state index in [1.165, 1.54) is 23.8 Å². The zero-order valence-electron chi connectivity index (χ0n) is 17.7. The topological polar surface area (TPSA) is 77.2 Å². The molecule has 10 heteroatoms. The summed E-state index contributed by atoms with van der Waals surface area (Å²) in [5.74, 6) is -0.0414. The number of hydrogen-bond acceptors (Lipinski definition) is 5. The molecule has 0 spiro atoms. The van der Waals surface area contributed by atoms with E-state index in [1.54, 1.807) is 14.0 Å². The lowest BCUT2D eigenvalue weighted by Gasteiger charge is -2.11. The second-order valence-corrected chi connectivity index (χ2v) is 9.24. The van der Waals surface area contributed by atoms with Crippen LogP contribution in [-0.2, 0) is 16.9 Å². The van der Waals surface area contributed by atoms with E-state index < -0.39 is 21.7 Å². The van der Waals surface area contributed by atoms with Crippen molar-refractivity contribution in [1.29, 1.82) is 0 Å². The van der Waals surface area contributed by atoms with Gasteiger partial charge in [-0.2, -0.15) is 13.2 Å². The van der Waals surface area contributed by atoms with Gasteiger partial charge in [0.05, 0.1) is 16.3 Å². The second kappa shape index (κ2) is 8.70. The number of pyridine rings is 1. The number of allylic oxidation sites excluding steroid dienone is 1. The molecule has 0 saturated heterocycles. The molecule has 168 valence electrons. The first kappa shape index (κ1) is 23.4. The van der Waals surface area contributed by atoms with Crippen LogP contribution in [0.4, 0.5) is 13.2 Å². The molecule has 0 aliphatic heterocycles. The van der Waals surface area contributed by atoms with Gasteiger partial charge in [0.25, 0.3) is 0 Å². The predicted octanol–water partition coefficient (Wildman–Crippen LogP) is 4.85. The van der Waals surface area contributed by atoms with Gasteiger partial charge < -0.3 is 4.57 Å². The van der Waals surface area contributed by atoms with Crippen LogP contribution in [0.1, 0.15) is 18.3 Å². The standard InChI is InChI=1S/C22H21F3N4O2S/c1-5-32(30,31)18-11-16(15-9-7-6-8-10-15)13-27-20(18)21-28-17(14(2)29(21)4)12-19(26-3)22(23,24)25/h6-13H,3,5H2,1-2,4H3/b19-12-. The fourth-order valence-corrected chi connectivity index (χ4v) is 4.15. The van der Waals surface area contributed by atoms with E-state index in [0.717, 1.165) is 11.6 Å². The molecule has 0 saturated carbocycles. The molecular formula is C22H21F3N4O2S. The first-order chi connectivity index (χ1) is 15.0. The zero-order valence-corrected chi connectivity index (χ0v) is 18.5. The number of alkyl halides is 3. The van der Waals surface area contributed by atoms with Crippen molar-refractivity contribution < 1.29 is 21.6 Å². The van der Waals surface area contributed by atoms with Crippen LogP contribution in [0, 0.1) is 6.92 Å². The number of benzene rings is 1. The molecule has 32 heavy (non-hydrogen) atoms. The molecule has 6 nitrogen and oxygen atoms in total. The van der Waals surface area contributed by atoms with Gasteiger partial charge in [0, 0.05) is 24.5 Å². The van der Waals surface area contributed by atoms with E-state index in [4.69, 9.17) is 0 Å². The van der Waals surface area contributed by atoms with Gasteiger partial charge in [0.15, 0.2) is 15.7 Å². The summed E-state index contributed by atoms with van der Waals surface area (Å²) >= 11 is 0. The third-order valence-corrected chi connectivity index (χ3v) is 6.78. The van der Waals surface area contributed by atoms with Gasteiger partial charge in [-0.15, -0.1) is 0 Å². The zero-order chi connectivity index (χ0) is 23.7. The Morgan fingerprint density at radius 2 is 1.88 bits per heavy atom. The van der Waals surface area contributed by atoms with Gasteiger partial charge in [-0.25, -0.2) is 13.4 Å². The Morgan fingerprint density at radius 1 is 1.22 bits per heavy atom. The number of nitrogens with zero attached hydrogens (tertiary/aromatic N) is 4. The number of halogens is 3. The largest absolute Gasteiger partial charge is 0.433 e. The van der Waals surface area contributed by atoms with E-state index >= 15 is 0 Å². The molecular weight excluding hydrogens is 441 g/mol. The fraction of sp³-hybridized carbons (Fsp3) is 0.227. The third-order valence-electron chi connectivity index (χ3n) is 5.04. The summed E-state index contributed by atoms with van der Waals surface area (Å²) in [5.41, 5.74) is 0.638. The molecule has 0 N–H and O–H groups in total. The van der Waals surface area contributed by atoms with Crippen molar-refractivity contribution in [1.82, 2.24) is 14.5 Å². The van der Waals surface area contributed by atoms with Crippen LogP contribution < -0.4 is 0 Å². The lowest BCUT2D eigenvalue weighted by atomic mass is 10.1.